The lowest BCUT2D eigenvalue weighted by Gasteiger charge is -2.10. The van der Waals surface area contributed by atoms with Crippen molar-refractivity contribution in [3.63, 3.8) is 0 Å². The van der Waals surface area contributed by atoms with Crippen molar-refractivity contribution < 1.29 is 9.47 Å². The Kier molecular flexibility index (Phi) is 7.22. The van der Waals surface area contributed by atoms with Gasteiger partial charge in [0.2, 0.25) is 0 Å². The van der Waals surface area contributed by atoms with Crippen LogP contribution in [0.4, 0.5) is 0 Å². The summed E-state index contributed by atoms with van der Waals surface area (Å²) < 4.78 is 10.5. The van der Waals surface area contributed by atoms with Gasteiger partial charge in [-0.2, -0.15) is 0 Å². The molecule has 7 heteroatoms. The molecule has 3 N–H and O–H groups in total. The number of ether oxygens (including phenoxy) is 2. The Balaban J connectivity index is 1.86. The SMILES string of the molecule is COc1ccc(CCNC(N)=NCc2ccc(Cl)cc2Cl)cc1OC. The summed E-state index contributed by atoms with van der Waals surface area (Å²) >= 11 is 12.0. The van der Waals surface area contributed by atoms with Gasteiger partial charge in [-0.3, -0.25) is 0 Å². The Hall–Kier alpha value is -2.11. The van der Waals surface area contributed by atoms with E-state index in [0.717, 1.165) is 17.5 Å². The zero-order chi connectivity index (χ0) is 18.2. The molecule has 0 saturated carbocycles. The first-order valence-electron chi connectivity index (χ1n) is 7.72. The zero-order valence-electron chi connectivity index (χ0n) is 14.2. The first-order valence-corrected chi connectivity index (χ1v) is 8.47. The lowest BCUT2D eigenvalue weighted by atomic mass is 10.1. The van der Waals surface area contributed by atoms with Crippen LogP contribution in [0.3, 0.4) is 0 Å². The summed E-state index contributed by atoms with van der Waals surface area (Å²) in [4.78, 5) is 4.29. The number of hydrogen-bond donors (Lipinski definition) is 2. The van der Waals surface area contributed by atoms with E-state index in [-0.39, 0.29) is 0 Å². The van der Waals surface area contributed by atoms with E-state index in [9.17, 15) is 0 Å². The highest BCUT2D eigenvalue weighted by Gasteiger charge is 2.05. The number of nitrogens with zero attached hydrogens (tertiary/aromatic N) is 1. The summed E-state index contributed by atoms with van der Waals surface area (Å²) in [7, 11) is 3.23. The first kappa shape index (κ1) is 19.2. The van der Waals surface area contributed by atoms with E-state index in [4.69, 9.17) is 38.4 Å². The predicted molar refractivity (Wildman–Crippen MR) is 103 cm³/mol. The Morgan fingerprint density at radius 3 is 2.52 bits per heavy atom. The van der Waals surface area contributed by atoms with Gasteiger partial charge in [0.25, 0.3) is 0 Å². The maximum absolute atomic E-state index is 6.11. The van der Waals surface area contributed by atoms with Gasteiger partial charge < -0.3 is 20.5 Å². The van der Waals surface area contributed by atoms with Crippen LogP contribution in [0, 0.1) is 0 Å². The van der Waals surface area contributed by atoms with Crippen LogP contribution in [-0.2, 0) is 13.0 Å². The average Bonchev–Trinajstić information content (AvgIpc) is 2.60. The minimum absolute atomic E-state index is 0.367. The molecule has 0 heterocycles. The molecule has 0 spiro atoms. The molecule has 2 aromatic carbocycles. The number of nitrogens with one attached hydrogen (secondary N) is 1. The molecule has 2 rings (SSSR count). The third-order valence-electron chi connectivity index (χ3n) is 3.60. The number of guanidine groups is 1. The van der Waals surface area contributed by atoms with E-state index in [0.29, 0.717) is 40.6 Å². The lowest BCUT2D eigenvalue weighted by molar-refractivity contribution is 0.354. The van der Waals surface area contributed by atoms with E-state index in [1.54, 1.807) is 26.4 Å². The van der Waals surface area contributed by atoms with Gasteiger partial charge in [-0.25, -0.2) is 4.99 Å². The van der Waals surface area contributed by atoms with Gasteiger partial charge in [-0.15, -0.1) is 0 Å². The van der Waals surface area contributed by atoms with E-state index < -0.39 is 0 Å². The smallest absolute Gasteiger partial charge is 0.188 e. The number of benzene rings is 2. The van der Waals surface area contributed by atoms with E-state index >= 15 is 0 Å². The summed E-state index contributed by atoms with van der Waals surface area (Å²) in [5.41, 5.74) is 7.87. The number of aliphatic imine (C=N–C) groups is 1. The quantitative estimate of drug-likeness (QED) is 0.567. The molecule has 0 saturated heterocycles. The minimum atomic E-state index is 0.367. The second-order valence-corrected chi connectivity index (χ2v) is 6.15. The lowest BCUT2D eigenvalue weighted by Crippen LogP contribution is -2.33. The van der Waals surface area contributed by atoms with Crippen LogP contribution in [0.1, 0.15) is 11.1 Å². The molecule has 0 fully saturated rings. The van der Waals surface area contributed by atoms with Crippen molar-refractivity contribution in [1.82, 2.24) is 5.32 Å². The molecule has 0 aliphatic heterocycles. The second-order valence-electron chi connectivity index (χ2n) is 5.30. The molecule has 0 aromatic heterocycles. The maximum Gasteiger partial charge on any atom is 0.188 e. The molecule has 0 bridgehead atoms. The average molecular weight is 382 g/mol. The van der Waals surface area contributed by atoms with Gasteiger partial charge in [-0.05, 0) is 41.8 Å². The molecular formula is C18H21Cl2N3O2. The number of halogens is 2. The molecule has 2 aromatic rings. The Morgan fingerprint density at radius 1 is 1.08 bits per heavy atom. The fraction of sp³-hybridized carbons (Fsp3) is 0.278. The summed E-state index contributed by atoms with van der Waals surface area (Å²) in [5.74, 6) is 1.78. The van der Waals surface area contributed by atoms with Crippen molar-refractivity contribution in [2.75, 3.05) is 20.8 Å². The van der Waals surface area contributed by atoms with Crippen molar-refractivity contribution in [2.24, 2.45) is 10.7 Å². The third kappa shape index (κ3) is 5.73. The monoisotopic (exact) mass is 381 g/mol. The van der Waals surface area contributed by atoms with Crippen molar-refractivity contribution in [3.05, 3.63) is 57.6 Å². The maximum atomic E-state index is 6.11. The molecule has 134 valence electrons. The minimum Gasteiger partial charge on any atom is -0.493 e. The molecule has 0 unspecified atom stereocenters. The van der Waals surface area contributed by atoms with Gasteiger partial charge in [0.05, 0.1) is 20.8 Å². The van der Waals surface area contributed by atoms with Crippen LogP contribution in [0.2, 0.25) is 10.0 Å². The van der Waals surface area contributed by atoms with Crippen LogP contribution in [-0.4, -0.2) is 26.7 Å². The largest absolute Gasteiger partial charge is 0.493 e. The van der Waals surface area contributed by atoms with Gasteiger partial charge in [-0.1, -0.05) is 35.3 Å². The van der Waals surface area contributed by atoms with Crippen molar-refractivity contribution in [1.29, 1.82) is 0 Å². The van der Waals surface area contributed by atoms with Crippen LogP contribution in [0.15, 0.2) is 41.4 Å². The van der Waals surface area contributed by atoms with Crippen molar-refractivity contribution in [2.45, 2.75) is 13.0 Å². The Labute approximate surface area is 157 Å². The summed E-state index contributed by atoms with van der Waals surface area (Å²) in [6.07, 6.45) is 0.776. The fourth-order valence-corrected chi connectivity index (χ4v) is 2.72. The fourth-order valence-electron chi connectivity index (χ4n) is 2.25. The number of hydrogen-bond acceptors (Lipinski definition) is 3. The highest BCUT2D eigenvalue weighted by atomic mass is 35.5. The predicted octanol–water partition coefficient (Wildman–Crippen LogP) is 3.66. The van der Waals surface area contributed by atoms with Crippen LogP contribution in [0.25, 0.3) is 0 Å². The number of methoxy groups -OCH3 is 2. The number of rotatable bonds is 7. The molecule has 5 nitrogen and oxygen atoms in total. The molecular weight excluding hydrogens is 361 g/mol. The number of nitrogens with two attached hydrogens (primary N) is 1. The van der Waals surface area contributed by atoms with Gasteiger partial charge >= 0.3 is 0 Å². The highest BCUT2D eigenvalue weighted by Crippen LogP contribution is 2.27. The normalized spacial score (nSPS) is 11.3. The standard InChI is InChI=1S/C18H21Cl2N3O2/c1-24-16-6-3-12(9-17(16)25-2)7-8-22-18(21)23-11-13-4-5-14(19)10-15(13)20/h3-6,9-10H,7-8,11H2,1-2H3,(H3,21,22,23). The Morgan fingerprint density at radius 2 is 1.84 bits per heavy atom. The van der Waals surface area contributed by atoms with Gasteiger partial charge in [0.15, 0.2) is 17.5 Å². The first-order chi connectivity index (χ1) is 12.0. The van der Waals surface area contributed by atoms with Gasteiger partial charge in [0, 0.05) is 16.6 Å². The van der Waals surface area contributed by atoms with Crippen LogP contribution < -0.4 is 20.5 Å². The molecule has 25 heavy (non-hydrogen) atoms. The van der Waals surface area contributed by atoms with Crippen molar-refractivity contribution >= 4 is 29.2 Å². The summed E-state index contributed by atoms with van der Waals surface area (Å²) in [6, 6.07) is 11.1. The zero-order valence-corrected chi connectivity index (χ0v) is 15.7. The summed E-state index contributed by atoms with van der Waals surface area (Å²) in [6.45, 7) is 1.05. The highest BCUT2D eigenvalue weighted by molar-refractivity contribution is 6.35. The van der Waals surface area contributed by atoms with Crippen LogP contribution >= 0.6 is 23.2 Å². The van der Waals surface area contributed by atoms with Gasteiger partial charge in [0.1, 0.15) is 0 Å². The topological polar surface area (TPSA) is 68.9 Å². The van der Waals surface area contributed by atoms with E-state index in [1.165, 1.54) is 0 Å². The third-order valence-corrected chi connectivity index (χ3v) is 4.19. The molecule has 0 atom stereocenters. The molecule has 0 aliphatic carbocycles. The van der Waals surface area contributed by atoms with Crippen LogP contribution in [0.5, 0.6) is 11.5 Å². The molecule has 0 radical (unpaired) electrons. The van der Waals surface area contributed by atoms with E-state index in [1.807, 2.05) is 24.3 Å². The molecule has 0 aliphatic rings. The second kappa shape index (κ2) is 9.39. The van der Waals surface area contributed by atoms with E-state index in [2.05, 4.69) is 10.3 Å². The molecule has 0 amide bonds. The Bertz CT molecular complexity index is 751. The summed E-state index contributed by atoms with van der Waals surface area (Å²) in [5, 5.41) is 4.26. The van der Waals surface area contributed by atoms with Crippen molar-refractivity contribution in [3.8, 4) is 11.5 Å².